The molecule has 0 aliphatic heterocycles. The molecule has 0 fully saturated rings. The fraction of sp³-hybridized carbons (Fsp3) is 0.219. The smallest absolute Gasteiger partial charge is 0.256 e. The van der Waals surface area contributed by atoms with E-state index in [-0.39, 0.29) is 17.7 Å². The lowest BCUT2D eigenvalue weighted by atomic mass is 9.98. The predicted molar refractivity (Wildman–Crippen MR) is 169 cm³/mol. The molecule has 43 heavy (non-hydrogen) atoms. The van der Waals surface area contributed by atoms with Crippen molar-refractivity contribution in [2.75, 3.05) is 51.4 Å². The molecule has 1 unspecified atom stereocenters. The molecule has 11 heteroatoms. The zero-order valence-electron chi connectivity index (χ0n) is 24.8. The number of benzene rings is 3. The summed E-state index contributed by atoms with van der Waals surface area (Å²) in [6.45, 7) is 2.78. The first-order valence-corrected chi connectivity index (χ1v) is 14.7. The lowest BCUT2D eigenvalue weighted by Gasteiger charge is -2.18. The van der Waals surface area contributed by atoms with E-state index >= 15 is 0 Å². The summed E-state index contributed by atoms with van der Waals surface area (Å²) in [6.07, 6.45) is 1.56. The lowest BCUT2D eigenvalue weighted by Crippen LogP contribution is -2.29. The molecule has 3 aromatic carbocycles. The van der Waals surface area contributed by atoms with E-state index in [2.05, 4.69) is 20.3 Å². The zero-order valence-corrected chi connectivity index (χ0v) is 25.6. The summed E-state index contributed by atoms with van der Waals surface area (Å²) in [5.41, 5.74) is 4.96. The molecule has 0 radical (unpaired) electrons. The number of amides is 2. The summed E-state index contributed by atoms with van der Waals surface area (Å²) in [7, 11) is 6.44. The molecule has 1 atom stereocenters. The number of carbonyl (C=O) groups excluding carboxylic acids is 2. The summed E-state index contributed by atoms with van der Waals surface area (Å²) in [5, 5.41) is 6.10. The number of carbonyl (C=O) groups is 2. The molecular weight excluding hydrogens is 566 g/mol. The van der Waals surface area contributed by atoms with Gasteiger partial charge >= 0.3 is 0 Å². The van der Waals surface area contributed by atoms with Crippen molar-refractivity contribution < 1.29 is 23.6 Å². The first-order chi connectivity index (χ1) is 20.7. The Labute approximate surface area is 254 Å². The Hall–Kier alpha value is -4.74. The van der Waals surface area contributed by atoms with Crippen molar-refractivity contribution >= 4 is 34.6 Å². The Kier molecular flexibility index (Phi) is 10.5. The molecular formula is C32H35N5O5S. The number of methoxy groups -OCH3 is 2. The van der Waals surface area contributed by atoms with Gasteiger partial charge in [-0.05, 0) is 72.1 Å². The first kappa shape index (κ1) is 31.2. The van der Waals surface area contributed by atoms with Gasteiger partial charge in [0.1, 0.15) is 16.9 Å². The lowest BCUT2D eigenvalue weighted by molar-refractivity contribution is 0.0827. The molecule has 2 amide bonds. The van der Waals surface area contributed by atoms with Crippen molar-refractivity contribution in [2.45, 2.75) is 11.8 Å². The number of nitrogens with one attached hydrogen (secondary N) is 3. The van der Waals surface area contributed by atoms with E-state index in [1.165, 1.54) is 12.0 Å². The van der Waals surface area contributed by atoms with Gasteiger partial charge in [-0.15, -0.1) is 0 Å². The average Bonchev–Trinajstić information content (AvgIpc) is 3.02. The van der Waals surface area contributed by atoms with E-state index in [0.717, 1.165) is 22.4 Å². The van der Waals surface area contributed by atoms with Gasteiger partial charge in [-0.25, -0.2) is 9.71 Å². The SMILES string of the molecule is COc1cc(C)c(-c2cccc(C(=O)N(C)C)c2)cc1[S+]([O-])Nc1cccc(NCCNC(=O)c2cccnc2OC)c1. The molecule has 1 aromatic heterocycles. The third kappa shape index (κ3) is 7.76. The van der Waals surface area contributed by atoms with Crippen LogP contribution in [0.1, 0.15) is 26.3 Å². The minimum atomic E-state index is -1.66. The van der Waals surface area contributed by atoms with Crippen molar-refractivity contribution in [1.29, 1.82) is 0 Å². The van der Waals surface area contributed by atoms with Crippen LogP contribution in [0.2, 0.25) is 0 Å². The van der Waals surface area contributed by atoms with Crippen LogP contribution in [0, 0.1) is 6.92 Å². The monoisotopic (exact) mass is 601 g/mol. The van der Waals surface area contributed by atoms with Crippen LogP contribution < -0.4 is 24.8 Å². The second kappa shape index (κ2) is 14.4. The number of hydrogen-bond acceptors (Lipinski definition) is 8. The summed E-state index contributed by atoms with van der Waals surface area (Å²) < 4.78 is 27.3. The van der Waals surface area contributed by atoms with Gasteiger partial charge in [-0.2, -0.15) is 0 Å². The van der Waals surface area contributed by atoms with Crippen LogP contribution >= 0.6 is 0 Å². The molecule has 0 aliphatic carbocycles. The Morgan fingerprint density at radius 3 is 2.44 bits per heavy atom. The van der Waals surface area contributed by atoms with Gasteiger partial charge in [-0.3, -0.25) is 9.59 Å². The van der Waals surface area contributed by atoms with E-state index in [9.17, 15) is 14.1 Å². The van der Waals surface area contributed by atoms with E-state index in [1.54, 1.807) is 45.6 Å². The molecule has 0 spiro atoms. The summed E-state index contributed by atoms with van der Waals surface area (Å²) >= 11 is -1.66. The van der Waals surface area contributed by atoms with Crippen LogP contribution in [0.25, 0.3) is 11.1 Å². The highest BCUT2D eigenvalue weighted by molar-refractivity contribution is 7.92. The molecule has 4 rings (SSSR count). The van der Waals surface area contributed by atoms with Crippen molar-refractivity contribution in [2.24, 2.45) is 0 Å². The average molecular weight is 602 g/mol. The van der Waals surface area contributed by atoms with Gasteiger partial charge in [-0.1, -0.05) is 18.2 Å². The van der Waals surface area contributed by atoms with Crippen LogP contribution in [0.4, 0.5) is 11.4 Å². The number of aromatic nitrogens is 1. The van der Waals surface area contributed by atoms with Crippen molar-refractivity contribution in [3.05, 3.63) is 95.7 Å². The van der Waals surface area contributed by atoms with Gasteiger partial charge in [0.2, 0.25) is 10.8 Å². The highest BCUT2D eigenvalue weighted by atomic mass is 32.2. The summed E-state index contributed by atoms with van der Waals surface area (Å²) in [4.78, 5) is 31.1. The summed E-state index contributed by atoms with van der Waals surface area (Å²) in [6, 6.07) is 21.8. The summed E-state index contributed by atoms with van der Waals surface area (Å²) in [5.74, 6) is 0.385. The molecule has 0 aliphatic rings. The minimum absolute atomic E-state index is 0.0944. The van der Waals surface area contributed by atoms with Crippen molar-refractivity contribution in [1.82, 2.24) is 15.2 Å². The van der Waals surface area contributed by atoms with Gasteiger partial charge in [0.25, 0.3) is 11.8 Å². The fourth-order valence-electron chi connectivity index (χ4n) is 4.41. The number of hydrogen-bond donors (Lipinski definition) is 3. The first-order valence-electron chi connectivity index (χ1n) is 13.5. The van der Waals surface area contributed by atoms with E-state index in [4.69, 9.17) is 9.47 Å². The van der Waals surface area contributed by atoms with Crippen LogP contribution in [0.15, 0.2) is 83.9 Å². The third-order valence-corrected chi connectivity index (χ3v) is 7.70. The van der Waals surface area contributed by atoms with Gasteiger partial charge in [0, 0.05) is 50.7 Å². The van der Waals surface area contributed by atoms with Crippen molar-refractivity contribution in [3.63, 3.8) is 0 Å². The quantitative estimate of drug-likeness (QED) is 0.157. The van der Waals surface area contributed by atoms with Crippen LogP contribution in [-0.4, -0.2) is 67.7 Å². The second-order valence-electron chi connectivity index (χ2n) is 9.79. The number of pyridine rings is 1. The number of nitrogens with zero attached hydrogens (tertiary/aromatic N) is 2. The van der Waals surface area contributed by atoms with Crippen LogP contribution in [-0.2, 0) is 11.4 Å². The zero-order chi connectivity index (χ0) is 30.9. The fourth-order valence-corrected chi connectivity index (χ4v) is 5.41. The Balaban J connectivity index is 1.44. The number of aryl methyl sites for hydroxylation is 1. The third-order valence-electron chi connectivity index (χ3n) is 6.56. The highest BCUT2D eigenvalue weighted by Crippen LogP contribution is 2.34. The standard InChI is InChI=1S/C32H35N5O5S/c1-21-17-28(41-4)29(20-27(21)22-9-6-10-23(18-22)32(39)37(2)3)43(40)36-25-12-7-11-24(19-25)33-15-16-34-30(38)26-13-8-14-35-31(26)42-5/h6-14,17-20,33,36H,15-16H2,1-5H3,(H,34,38). The maximum Gasteiger partial charge on any atom is 0.256 e. The van der Waals surface area contributed by atoms with Gasteiger partial charge in [0.15, 0.2) is 5.75 Å². The Bertz CT molecular complexity index is 1600. The van der Waals surface area contributed by atoms with E-state index in [0.29, 0.717) is 40.5 Å². The van der Waals surface area contributed by atoms with Crippen molar-refractivity contribution in [3.8, 4) is 22.8 Å². The maximum absolute atomic E-state index is 13.6. The molecule has 224 valence electrons. The minimum Gasteiger partial charge on any atom is -0.588 e. The predicted octanol–water partition coefficient (Wildman–Crippen LogP) is 4.75. The van der Waals surface area contributed by atoms with Crippen LogP contribution in [0.3, 0.4) is 0 Å². The molecule has 1 heterocycles. The Morgan fingerprint density at radius 2 is 1.70 bits per heavy atom. The molecule has 10 nitrogen and oxygen atoms in total. The maximum atomic E-state index is 13.6. The molecule has 3 N–H and O–H groups in total. The molecule has 0 bridgehead atoms. The normalized spacial score (nSPS) is 11.3. The topological polar surface area (TPSA) is 128 Å². The molecule has 0 saturated carbocycles. The Morgan fingerprint density at radius 1 is 0.930 bits per heavy atom. The number of rotatable bonds is 12. The van der Waals surface area contributed by atoms with Gasteiger partial charge < -0.3 is 29.6 Å². The van der Waals surface area contributed by atoms with E-state index < -0.39 is 11.4 Å². The number of ether oxygens (including phenoxy) is 2. The number of anilines is 2. The highest BCUT2D eigenvalue weighted by Gasteiger charge is 2.22. The second-order valence-corrected chi connectivity index (χ2v) is 11.0. The van der Waals surface area contributed by atoms with Gasteiger partial charge in [0.05, 0.1) is 19.9 Å². The largest absolute Gasteiger partial charge is 0.588 e. The van der Waals surface area contributed by atoms with E-state index in [1.807, 2.05) is 61.5 Å². The van der Waals surface area contributed by atoms with Crippen LogP contribution in [0.5, 0.6) is 11.6 Å². The molecule has 4 aromatic rings. The molecule has 0 saturated heterocycles.